The number of hydrogen-bond acceptors (Lipinski definition) is 1. The van der Waals surface area contributed by atoms with Crippen LogP contribution >= 0.6 is 0 Å². The van der Waals surface area contributed by atoms with Crippen molar-refractivity contribution in [3.05, 3.63) is 65.9 Å². The second-order valence-electron chi connectivity index (χ2n) is 4.12. The highest BCUT2D eigenvalue weighted by atomic mass is 19.4. The van der Waals surface area contributed by atoms with Gasteiger partial charge in [-0.05, 0) is 43.7 Å². The van der Waals surface area contributed by atoms with Gasteiger partial charge in [0.2, 0.25) is 0 Å². The highest BCUT2D eigenvalue weighted by Crippen LogP contribution is 2.30. The molecule has 0 heterocycles. The van der Waals surface area contributed by atoms with Crippen molar-refractivity contribution >= 4 is 5.69 Å². The molecule has 0 aliphatic heterocycles. The summed E-state index contributed by atoms with van der Waals surface area (Å²) in [6, 6.07) is 5.03. The minimum atomic E-state index is -4.34. The molecule has 0 saturated heterocycles. The van der Waals surface area contributed by atoms with Crippen molar-refractivity contribution in [1.29, 1.82) is 0 Å². The molecule has 0 aliphatic carbocycles. The van der Waals surface area contributed by atoms with Gasteiger partial charge in [0.15, 0.2) is 0 Å². The van der Waals surface area contributed by atoms with Crippen LogP contribution in [0.15, 0.2) is 60.3 Å². The molecule has 1 aromatic rings. The molecule has 0 atom stereocenters. The lowest BCUT2D eigenvalue weighted by Crippen LogP contribution is -2.05. The highest BCUT2D eigenvalue weighted by Gasteiger charge is 2.30. The first kappa shape index (κ1) is 15.1. The second kappa shape index (κ2) is 6.27. The van der Waals surface area contributed by atoms with E-state index in [1.54, 1.807) is 12.1 Å². The van der Waals surface area contributed by atoms with Crippen LogP contribution in [0.3, 0.4) is 0 Å². The van der Waals surface area contributed by atoms with Gasteiger partial charge in [0, 0.05) is 11.4 Å². The zero-order chi connectivity index (χ0) is 14.5. The SMILES string of the molecule is C=C(/C=C(C)\C=C/C)Nc1cccc(C(F)(F)F)c1. The molecule has 1 N–H and O–H groups in total. The smallest absolute Gasteiger partial charge is 0.356 e. The van der Waals surface area contributed by atoms with Crippen molar-refractivity contribution in [3.63, 3.8) is 0 Å². The number of anilines is 1. The Morgan fingerprint density at radius 3 is 2.58 bits per heavy atom. The molecule has 0 saturated carbocycles. The number of halogens is 3. The normalized spacial score (nSPS) is 12.8. The molecule has 1 aromatic carbocycles. The quantitative estimate of drug-likeness (QED) is 0.743. The van der Waals surface area contributed by atoms with E-state index in [1.165, 1.54) is 6.07 Å². The van der Waals surface area contributed by atoms with Gasteiger partial charge in [-0.2, -0.15) is 13.2 Å². The Kier molecular flexibility index (Phi) is 4.98. The van der Waals surface area contributed by atoms with E-state index in [-0.39, 0.29) is 0 Å². The van der Waals surface area contributed by atoms with Crippen molar-refractivity contribution in [2.75, 3.05) is 5.32 Å². The molecule has 19 heavy (non-hydrogen) atoms. The Balaban J connectivity index is 2.84. The fourth-order valence-electron chi connectivity index (χ4n) is 1.58. The third-order valence-electron chi connectivity index (χ3n) is 2.33. The van der Waals surface area contributed by atoms with E-state index >= 15 is 0 Å². The summed E-state index contributed by atoms with van der Waals surface area (Å²) in [5.41, 5.74) is 1.19. The lowest BCUT2D eigenvalue weighted by Gasteiger charge is -2.10. The van der Waals surface area contributed by atoms with E-state index in [1.807, 2.05) is 26.0 Å². The fraction of sp³-hybridized carbons (Fsp3) is 0.200. The van der Waals surface area contributed by atoms with E-state index in [4.69, 9.17) is 0 Å². The van der Waals surface area contributed by atoms with Gasteiger partial charge in [-0.3, -0.25) is 0 Å². The Morgan fingerprint density at radius 1 is 1.32 bits per heavy atom. The summed E-state index contributed by atoms with van der Waals surface area (Å²) in [4.78, 5) is 0. The number of hydrogen-bond donors (Lipinski definition) is 1. The molecule has 102 valence electrons. The summed E-state index contributed by atoms with van der Waals surface area (Å²) < 4.78 is 37.6. The van der Waals surface area contributed by atoms with Crippen LogP contribution in [-0.2, 0) is 6.18 Å². The van der Waals surface area contributed by atoms with Gasteiger partial charge in [-0.15, -0.1) is 0 Å². The minimum Gasteiger partial charge on any atom is -0.356 e. The Bertz CT molecular complexity index is 510. The zero-order valence-corrected chi connectivity index (χ0v) is 10.9. The maximum atomic E-state index is 12.5. The van der Waals surface area contributed by atoms with Crippen molar-refractivity contribution in [2.45, 2.75) is 20.0 Å². The maximum Gasteiger partial charge on any atom is 0.416 e. The largest absolute Gasteiger partial charge is 0.416 e. The summed E-state index contributed by atoms with van der Waals surface area (Å²) in [6.07, 6.45) is 1.19. The van der Waals surface area contributed by atoms with E-state index in [9.17, 15) is 13.2 Å². The first-order valence-corrected chi connectivity index (χ1v) is 5.77. The van der Waals surface area contributed by atoms with Gasteiger partial charge in [0.1, 0.15) is 0 Å². The Labute approximate surface area is 111 Å². The van der Waals surface area contributed by atoms with Gasteiger partial charge in [0.05, 0.1) is 5.56 Å². The topological polar surface area (TPSA) is 12.0 Å². The molecule has 0 unspecified atom stereocenters. The van der Waals surface area contributed by atoms with Crippen LogP contribution in [0.4, 0.5) is 18.9 Å². The number of rotatable bonds is 4. The molecule has 0 bridgehead atoms. The maximum absolute atomic E-state index is 12.5. The standard InChI is InChI=1S/C15H16F3N/c1-4-6-11(2)9-12(3)19-14-8-5-7-13(10-14)15(16,17)18/h4-10,19H,3H2,1-2H3/b6-4-,11-9-. The van der Waals surface area contributed by atoms with Crippen LogP contribution < -0.4 is 5.32 Å². The van der Waals surface area contributed by atoms with Gasteiger partial charge < -0.3 is 5.32 Å². The summed E-state index contributed by atoms with van der Waals surface area (Å²) in [7, 11) is 0. The first-order valence-electron chi connectivity index (χ1n) is 5.77. The molecule has 0 aliphatic rings. The predicted octanol–water partition coefficient (Wildman–Crippen LogP) is 5.15. The van der Waals surface area contributed by atoms with Gasteiger partial charge in [-0.25, -0.2) is 0 Å². The monoisotopic (exact) mass is 267 g/mol. The van der Waals surface area contributed by atoms with Crippen LogP contribution in [0.1, 0.15) is 19.4 Å². The number of benzene rings is 1. The molecule has 0 aromatic heterocycles. The lowest BCUT2D eigenvalue weighted by molar-refractivity contribution is -0.137. The van der Waals surface area contributed by atoms with E-state index < -0.39 is 11.7 Å². The number of nitrogens with one attached hydrogen (secondary N) is 1. The van der Waals surface area contributed by atoms with Gasteiger partial charge >= 0.3 is 6.18 Å². The van der Waals surface area contributed by atoms with Crippen molar-refractivity contribution in [1.82, 2.24) is 0 Å². The minimum absolute atomic E-state index is 0.365. The lowest BCUT2D eigenvalue weighted by atomic mass is 10.2. The number of allylic oxidation sites excluding steroid dienone is 4. The molecule has 0 radical (unpaired) electrons. The third-order valence-corrected chi connectivity index (χ3v) is 2.33. The molecule has 1 nitrogen and oxygen atoms in total. The van der Waals surface area contributed by atoms with E-state index in [0.29, 0.717) is 11.4 Å². The molecular formula is C15H16F3N. The van der Waals surface area contributed by atoms with E-state index in [0.717, 1.165) is 17.7 Å². The average molecular weight is 267 g/mol. The molecular weight excluding hydrogens is 251 g/mol. The Morgan fingerprint density at radius 2 is 2.00 bits per heavy atom. The summed E-state index contributed by atoms with van der Waals surface area (Å²) in [5, 5.41) is 2.84. The van der Waals surface area contributed by atoms with Crippen molar-refractivity contribution in [2.24, 2.45) is 0 Å². The molecule has 1 rings (SSSR count). The summed E-state index contributed by atoms with van der Waals surface area (Å²) in [6.45, 7) is 7.54. The summed E-state index contributed by atoms with van der Waals surface area (Å²) in [5.74, 6) is 0. The number of alkyl halides is 3. The zero-order valence-electron chi connectivity index (χ0n) is 10.9. The van der Waals surface area contributed by atoms with Crippen molar-refractivity contribution < 1.29 is 13.2 Å². The predicted molar refractivity (Wildman–Crippen MR) is 72.8 cm³/mol. The first-order chi connectivity index (χ1) is 8.82. The van der Waals surface area contributed by atoms with Crippen molar-refractivity contribution in [3.8, 4) is 0 Å². The van der Waals surface area contributed by atoms with E-state index in [2.05, 4.69) is 11.9 Å². The molecule has 0 spiro atoms. The third kappa shape index (κ3) is 5.04. The second-order valence-corrected chi connectivity index (χ2v) is 4.12. The highest BCUT2D eigenvalue weighted by molar-refractivity contribution is 5.52. The Hall–Kier alpha value is -1.97. The molecule has 0 amide bonds. The van der Waals surface area contributed by atoms with Gasteiger partial charge in [0.25, 0.3) is 0 Å². The fourth-order valence-corrected chi connectivity index (χ4v) is 1.58. The van der Waals surface area contributed by atoms with Crippen LogP contribution in [0.2, 0.25) is 0 Å². The summed E-state index contributed by atoms with van der Waals surface area (Å²) >= 11 is 0. The molecule has 0 fully saturated rings. The average Bonchev–Trinajstić information content (AvgIpc) is 2.28. The van der Waals surface area contributed by atoms with Crippen LogP contribution in [-0.4, -0.2) is 0 Å². The molecule has 4 heteroatoms. The van der Waals surface area contributed by atoms with Crippen LogP contribution in [0.25, 0.3) is 0 Å². The van der Waals surface area contributed by atoms with Gasteiger partial charge in [-0.1, -0.05) is 24.8 Å². The van der Waals surface area contributed by atoms with Crippen LogP contribution in [0.5, 0.6) is 0 Å². The van der Waals surface area contributed by atoms with Crippen LogP contribution in [0, 0.1) is 0 Å².